The molecule has 0 rings (SSSR count). The van der Waals surface area contributed by atoms with Crippen LogP contribution in [0.5, 0.6) is 0 Å². The molecule has 0 saturated carbocycles. The first-order valence-corrected chi connectivity index (χ1v) is 3.94. The van der Waals surface area contributed by atoms with E-state index >= 15 is 0 Å². The number of thioether (sulfide) groups is 1. The molecule has 0 aliphatic rings. The zero-order chi connectivity index (χ0) is 7.82. The monoisotopic (exact) mass is 162 g/mol. The minimum atomic E-state index is -0.934. The third-order valence-corrected chi connectivity index (χ3v) is 1.58. The van der Waals surface area contributed by atoms with Crippen LogP contribution < -0.4 is 0 Å². The number of hydrogen-bond donors (Lipinski definition) is 2. The van der Waals surface area contributed by atoms with Gasteiger partial charge in [0.1, 0.15) is 0 Å². The predicted octanol–water partition coefficient (Wildman–Crippen LogP) is 0.700. The van der Waals surface area contributed by atoms with E-state index in [4.69, 9.17) is 10.2 Å². The number of hydrogen-bond acceptors (Lipinski definition) is 3. The molecule has 0 spiro atoms. The van der Waals surface area contributed by atoms with E-state index in [-0.39, 0.29) is 6.61 Å². The van der Waals surface area contributed by atoms with Crippen LogP contribution in [0.2, 0.25) is 0 Å². The Bertz CT molecular complexity index is 122. The van der Waals surface area contributed by atoms with Crippen molar-refractivity contribution in [3.8, 4) is 0 Å². The Hall–Kier alpha value is -0.480. The van der Waals surface area contributed by atoms with Crippen LogP contribution in [0, 0.1) is 0 Å². The summed E-state index contributed by atoms with van der Waals surface area (Å²) in [5, 5.41) is 18.0. The fourth-order valence-electron chi connectivity index (χ4n) is 0.322. The summed E-state index contributed by atoms with van der Waals surface area (Å²) in [5.41, 5.74) is 0. The Balaban J connectivity index is 3.10. The lowest BCUT2D eigenvalue weighted by atomic mass is 10.5. The van der Waals surface area contributed by atoms with E-state index in [2.05, 4.69) is 0 Å². The minimum absolute atomic E-state index is 0.161. The fraction of sp³-hybridized carbons (Fsp3) is 0.500. The van der Waals surface area contributed by atoms with Crippen LogP contribution in [-0.4, -0.2) is 28.5 Å². The van der Waals surface area contributed by atoms with Crippen LogP contribution in [-0.2, 0) is 4.79 Å². The van der Waals surface area contributed by atoms with Crippen LogP contribution in [0.3, 0.4) is 0 Å². The third kappa shape index (κ3) is 7.52. The van der Waals surface area contributed by atoms with Crippen LogP contribution in [0.15, 0.2) is 11.5 Å². The van der Waals surface area contributed by atoms with Crippen LogP contribution in [0.1, 0.15) is 6.42 Å². The predicted molar refractivity (Wildman–Crippen MR) is 40.9 cm³/mol. The first-order valence-electron chi connectivity index (χ1n) is 2.89. The van der Waals surface area contributed by atoms with Gasteiger partial charge in [0, 0.05) is 12.7 Å². The fourth-order valence-corrected chi connectivity index (χ4v) is 0.967. The molecule has 0 aromatic carbocycles. The summed E-state index contributed by atoms with van der Waals surface area (Å²) in [4.78, 5) is 9.88. The highest BCUT2D eigenvalue weighted by atomic mass is 32.2. The van der Waals surface area contributed by atoms with Crippen molar-refractivity contribution in [1.29, 1.82) is 0 Å². The molecule has 0 aliphatic heterocycles. The van der Waals surface area contributed by atoms with Crippen LogP contribution >= 0.6 is 11.8 Å². The number of carbonyl (C=O) groups is 1. The van der Waals surface area contributed by atoms with Gasteiger partial charge in [0.05, 0.1) is 0 Å². The van der Waals surface area contributed by atoms with Gasteiger partial charge in [-0.15, -0.1) is 11.8 Å². The van der Waals surface area contributed by atoms with E-state index in [0.717, 1.165) is 11.8 Å². The second-order valence-corrected chi connectivity index (χ2v) is 2.60. The molecular formula is C6H10O3S. The van der Waals surface area contributed by atoms with E-state index in [1.807, 2.05) is 0 Å². The summed E-state index contributed by atoms with van der Waals surface area (Å²) in [6.45, 7) is 0.161. The van der Waals surface area contributed by atoms with Crippen molar-refractivity contribution in [2.45, 2.75) is 6.42 Å². The molecule has 2 N–H and O–H groups in total. The van der Waals surface area contributed by atoms with Gasteiger partial charge in [-0.3, -0.25) is 0 Å². The third-order valence-electron chi connectivity index (χ3n) is 0.727. The van der Waals surface area contributed by atoms with Gasteiger partial charge >= 0.3 is 5.97 Å². The highest BCUT2D eigenvalue weighted by Crippen LogP contribution is 2.02. The molecule has 0 unspecified atom stereocenters. The molecule has 0 saturated heterocycles. The maximum Gasteiger partial charge on any atom is 0.328 e. The second kappa shape index (κ2) is 6.64. The number of aliphatic hydroxyl groups excluding tert-OH is 1. The van der Waals surface area contributed by atoms with Crippen LogP contribution in [0.4, 0.5) is 0 Å². The van der Waals surface area contributed by atoms with Gasteiger partial charge in [0.15, 0.2) is 0 Å². The highest BCUT2D eigenvalue weighted by molar-refractivity contribution is 8.02. The summed E-state index contributed by atoms with van der Waals surface area (Å²) in [6, 6.07) is 0. The SMILES string of the molecule is O=C(O)/C=C/SCCCO. The molecule has 0 aromatic heterocycles. The Kier molecular flexibility index (Phi) is 6.32. The Morgan fingerprint density at radius 3 is 2.80 bits per heavy atom. The molecule has 0 aliphatic carbocycles. The molecule has 0 fully saturated rings. The summed E-state index contributed by atoms with van der Waals surface area (Å²) in [5.74, 6) is -0.170. The van der Waals surface area contributed by atoms with Gasteiger partial charge in [-0.25, -0.2) is 4.79 Å². The quantitative estimate of drug-likeness (QED) is 0.461. The molecule has 0 atom stereocenters. The number of carboxylic acid groups (broad SMARTS) is 1. The van der Waals surface area contributed by atoms with E-state index < -0.39 is 5.97 Å². The molecule has 0 bridgehead atoms. The van der Waals surface area contributed by atoms with Crippen molar-refractivity contribution in [2.75, 3.05) is 12.4 Å². The van der Waals surface area contributed by atoms with Gasteiger partial charge in [0.25, 0.3) is 0 Å². The summed E-state index contributed by atoms with van der Waals surface area (Å²) in [6.07, 6.45) is 1.79. The summed E-state index contributed by atoms with van der Waals surface area (Å²) < 4.78 is 0. The number of carboxylic acids is 1. The molecular weight excluding hydrogens is 152 g/mol. The van der Waals surface area contributed by atoms with E-state index in [9.17, 15) is 4.79 Å². The largest absolute Gasteiger partial charge is 0.478 e. The minimum Gasteiger partial charge on any atom is -0.478 e. The Morgan fingerprint density at radius 1 is 1.60 bits per heavy atom. The number of aliphatic hydroxyl groups is 1. The lowest BCUT2D eigenvalue weighted by Crippen LogP contribution is -1.86. The highest BCUT2D eigenvalue weighted by Gasteiger charge is 1.85. The van der Waals surface area contributed by atoms with Crippen molar-refractivity contribution in [1.82, 2.24) is 0 Å². The van der Waals surface area contributed by atoms with E-state index in [1.54, 1.807) is 0 Å². The Morgan fingerprint density at radius 2 is 2.30 bits per heavy atom. The normalized spacial score (nSPS) is 10.5. The first-order chi connectivity index (χ1) is 4.77. The maximum absolute atomic E-state index is 9.88. The molecule has 3 nitrogen and oxygen atoms in total. The van der Waals surface area contributed by atoms with Crippen molar-refractivity contribution < 1.29 is 15.0 Å². The summed E-state index contributed by atoms with van der Waals surface area (Å²) >= 11 is 1.38. The van der Waals surface area contributed by atoms with Crippen molar-refractivity contribution in [2.24, 2.45) is 0 Å². The second-order valence-electron chi connectivity index (χ2n) is 1.59. The molecule has 10 heavy (non-hydrogen) atoms. The smallest absolute Gasteiger partial charge is 0.328 e. The van der Waals surface area contributed by atoms with Crippen molar-refractivity contribution >= 4 is 17.7 Å². The van der Waals surface area contributed by atoms with Crippen LogP contribution in [0.25, 0.3) is 0 Å². The molecule has 4 heteroatoms. The van der Waals surface area contributed by atoms with Crippen molar-refractivity contribution in [3.05, 3.63) is 11.5 Å². The number of rotatable bonds is 5. The maximum atomic E-state index is 9.88. The zero-order valence-electron chi connectivity index (χ0n) is 5.49. The van der Waals surface area contributed by atoms with Crippen molar-refractivity contribution in [3.63, 3.8) is 0 Å². The lowest BCUT2D eigenvalue weighted by Gasteiger charge is -1.89. The molecule has 0 amide bonds. The summed E-state index contributed by atoms with van der Waals surface area (Å²) in [7, 11) is 0. The van der Waals surface area contributed by atoms with Gasteiger partial charge in [-0.2, -0.15) is 0 Å². The average Bonchev–Trinajstić information content (AvgIpc) is 1.87. The lowest BCUT2D eigenvalue weighted by molar-refractivity contribution is -0.131. The molecule has 0 aromatic rings. The molecule has 0 radical (unpaired) electrons. The van der Waals surface area contributed by atoms with E-state index in [1.165, 1.54) is 17.2 Å². The van der Waals surface area contributed by atoms with Gasteiger partial charge < -0.3 is 10.2 Å². The van der Waals surface area contributed by atoms with Gasteiger partial charge in [0.2, 0.25) is 0 Å². The van der Waals surface area contributed by atoms with E-state index in [0.29, 0.717) is 6.42 Å². The molecule has 0 heterocycles. The zero-order valence-corrected chi connectivity index (χ0v) is 6.30. The van der Waals surface area contributed by atoms with Gasteiger partial charge in [-0.1, -0.05) is 0 Å². The number of aliphatic carboxylic acids is 1. The molecule has 58 valence electrons. The average molecular weight is 162 g/mol. The standard InChI is InChI=1S/C6H10O3S/c7-3-1-4-10-5-2-6(8)9/h2,5,7H,1,3-4H2,(H,8,9)/b5-2+. The first kappa shape index (κ1) is 9.52. The Labute approximate surface area is 63.7 Å². The van der Waals surface area contributed by atoms with Gasteiger partial charge in [-0.05, 0) is 17.6 Å². The topological polar surface area (TPSA) is 57.5 Å².